The first kappa shape index (κ1) is 15.6. The number of carbonyl (C=O) groups is 1. The normalized spacial score (nSPS) is 10.4. The molecule has 0 atom stereocenters. The second-order valence-corrected chi connectivity index (χ2v) is 5.16. The lowest BCUT2D eigenvalue weighted by Gasteiger charge is -2.07. The van der Waals surface area contributed by atoms with Gasteiger partial charge in [0.05, 0.1) is 6.42 Å². The van der Waals surface area contributed by atoms with Gasteiger partial charge in [0.2, 0.25) is 5.95 Å². The van der Waals surface area contributed by atoms with Gasteiger partial charge in [0, 0.05) is 23.6 Å². The van der Waals surface area contributed by atoms with Crippen molar-refractivity contribution in [2.24, 2.45) is 0 Å². The first-order valence-electron chi connectivity index (χ1n) is 7.26. The van der Waals surface area contributed by atoms with Crippen LogP contribution in [-0.4, -0.2) is 21.0 Å². The molecule has 120 valence electrons. The lowest BCUT2D eigenvalue weighted by atomic mass is 10.0. The minimum atomic E-state index is -1.07. The zero-order valence-corrected chi connectivity index (χ0v) is 12.6. The summed E-state index contributed by atoms with van der Waals surface area (Å²) in [6, 6.07) is 13.9. The van der Waals surface area contributed by atoms with Crippen LogP contribution in [0.25, 0.3) is 11.1 Å². The van der Waals surface area contributed by atoms with Crippen LogP contribution in [0.1, 0.15) is 5.56 Å². The molecule has 0 amide bonds. The molecule has 0 aliphatic rings. The number of para-hydroxylation sites is 1. The zero-order chi connectivity index (χ0) is 16.9. The monoisotopic (exact) mass is 323 g/mol. The number of carboxylic acid groups (broad SMARTS) is 1. The Kier molecular flexibility index (Phi) is 4.47. The van der Waals surface area contributed by atoms with E-state index in [9.17, 15) is 9.18 Å². The fourth-order valence-electron chi connectivity index (χ4n) is 2.23. The number of nitrogens with one attached hydrogen (secondary N) is 1. The van der Waals surface area contributed by atoms with Crippen LogP contribution in [0.2, 0.25) is 0 Å². The van der Waals surface area contributed by atoms with Gasteiger partial charge in [-0.2, -0.15) is 0 Å². The molecule has 3 rings (SSSR count). The number of aromatic nitrogens is 2. The van der Waals surface area contributed by atoms with Gasteiger partial charge in [-0.3, -0.25) is 4.79 Å². The van der Waals surface area contributed by atoms with Crippen molar-refractivity contribution < 1.29 is 14.3 Å². The molecule has 0 saturated carbocycles. The Labute approximate surface area is 137 Å². The highest BCUT2D eigenvalue weighted by Gasteiger charge is 2.09. The molecule has 0 saturated heterocycles. The zero-order valence-electron chi connectivity index (χ0n) is 12.6. The third kappa shape index (κ3) is 3.73. The summed E-state index contributed by atoms with van der Waals surface area (Å²) in [6.45, 7) is 0. The van der Waals surface area contributed by atoms with E-state index < -0.39 is 11.8 Å². The Bertz CT molecular complexity index is 852. The summed E-state index contributed by atoms with van der Waals surface area (Å²) in [5.41, 5.74) is 2.26. The molecule has 0 aliphatic heterocycles. The number of anilines is 2. The van der Waals surface area contributed by atoms with Crippen LogP contribution in [0.4, 0.5) is 16.0 Å². The molecule has 5 nitrogen and oxygen atoms in total. The highest BCUT2D eigenvalue weighted by Crippen LogP contribution is 2.22. The second kappa shape index (κ2) is 6.87. The van der Waals surface area contributed by atoms with Crippen molar-refractivity contribution in [3.05, 3.63) is 72.3 Å². The Morgan fingerprint density at radius 3 is 2.38 bits per heavy atom. The Hall–Kier alpha value is -3.28. The van der Waals surface area contributed by atoms with Crippen molar-refractivity contribution in [1.82, 2.24) is 9.97 Å². The van der Waals surface area contributed by atoms with Gasteiger partial charge in [0.1, 0.15) is 5.82 Å². The van der Waals surface area contributed by atoms with Crippen LogP contribution in [0.5, 0.6) is 0 Å². The molecule has 0 aliphatic carbocycles. The molecule has 0 radical (unpaired) electrons. The molecule has 0 bridgehead atoms. The number of nitrogens with zero attached hydrogens (tertiary/aromatic N) is 2. The van der Waals surface area contributed by atoms with E-state index in [4.69, 9.17) is 5.11 Å². The van der Waals surface area contributed by atoms with Gasteiger partial charge in [0.25, 0.3) is 0 Å². The van der Waals surface area contributed by atoms with E-state index in [1.165, 1.54) is 12.1 Å². The predicted octanol–water partition coefficient (Wildman–Crippen LogP) is 3.65. The van der Waals surface area contributed by atoms with Gasteiger partial charge in [-0.25, -0.2) is 14.4 Å². The number of aliphatic carboxylic acids is 1. The van der Waals surface area contributed by atoms with Gasteiger partial charge in [-0.1, -0.05) is 30.3 Å². The van der Waals surface area contributed by atoms with E-state index in [0.29, 0.717) is 17.1 Å². The minimum Gasteiger partial charge on any atom is -0.481 e. The maximum Gasteiger partial charge on any atom is 0.307 e. The molecule has 3 aromatic rings. The summed E-state index contributed by atoms with van der Waals surface area (Å²) in [5, 5.41) is 11.8. The SMILES string of the molecule is O=C(O)Cc1ccc(-c2cnc(Nc3ccccc3)nc2)cc1F. The molecule has 0 fully saturated rings. The first-order chi connectivity index (χ1) is 11.6. The summed E-state index contributed by atoms with van der Waals surface area (Å²) >= 11 is 0. The second-order valence-electron chi connectivity index (χ2n) is 5.16. The van der Waals surface area contributed by atoms with Crippen molar-refractivity contribution in [1.29, 1.82) is 0 Å². The number of hydrogen-bond donors (Lipinski definition) is 2. The molecule has 24 heavy (non-hydrogen) atoms. The van der Waals surface area contributed by atoms with E-state index in [0.717, 1.165) is 5.69 Å². The van der Waals surface area contributed by atoms with Crippen LogP contribution in [0.15, 0.2) is 60.9 Å². The quantitative estimate of drug-likeness (QED) is 0.749. The fourth-order valence-corrected chi connectivity index (χ4v) is 2.23. The number of halogens is 1. The summed E-state index contributed by atoms with van der Waals surface area (Å²) < 4.78 is 13.9. The average Bonchev–Trinajstić information content (AvgIpc) is 2.58. The van der Waals surface area contributed by atoms with Crippen molar-refractivity contribution in [3.63, 3.8) is 0 Å². The first-order valence-corrected chi connectivity index (χ1v) is 7.26. The van der Waals surface area contributed by atoms with E-state index in [1.54, 1.807) is 18.5 Å². The summed E-state index contributed by atoms with van der Waals surface area (Å²) in [5.74, 6) is -1.18. The third-order valence-corrected chi connectivity index (χ3v) is 3.41. The lowest BCUT2D eigenvalue weighted by Crippen LogP contribution is -2.02. The average molecular weight is 323 g/mol. The molecule has 0 spiro atoms. The van der Waals surface area contributed by atoms with Gasteiger partial charge in [-0.05, 0) is 29.3 Å². The molecular weight excluding hydrogens is 309 g/mol. The van der Waals surface area contributed by atoms with Crippen molar-refractivity contribution in [2.45, 2.75) is 6.42 Å². The highest BCUT2D eigenvalue weighted by molar-refractivity contribution is 5.71. The van der Waals surface area contributed by atoms with Crippen LogP contribution < -0.4 is 5.32 Å². The van der Waals surface area contributed by atoms with Crippen molar-refractivity contribution in [2.75, 3.05) is 5.32 Å². The largest absolute Gasteiger partial charge is 0.481 e. The standard InChI is InChI=1S/C18H14FN3O2/c19-16-8-12(6-7-13(16)9-17(23)24)14-10-20-18(21-11-14)22-15-4-2-1-3-5-15/h1-8,10-11H,9H2,(H,23,24)(H,20,21,22). The van der Waals surface area contributed by atoms with Gasteiger partial charge >= 0.3 is 5.97 Å². The van der Waals surface area contributed by atoms with Gasteiger partial charge in [-0.15, -0.1) is 0 Å². The van der Waals surface area contributed by atoms with E-state index in [2.05, 4.69) is 15.3 Å². The molecular formula is C18H14FN3O2. The highest BCUT2D eigenvalue weighted by atomic mass is 19.1. The smallest absolute Gasteiger partial charge is 0.307 e. The van der Waals surface area contributed by atoms with Crippen molar-refractivity contribution >= 4 is 17.6 Å². The topological polar surface area (TPSA) is 75.1 Å². The molecule has 2 N–H and O–H groups in total. The molecule has 0 unspecified atom stereocenters. The van der Waals surface area contributed by atoms with Crippen LogP contribution in [0, 0.1) is 5.82 Å². The van der Waals surface area contributed by atoms with E-state index in [-0.39, 0.29) is 12.0 Å². The fraction of sp³-hybridized carbons (Fsp3) is 0.0556. The third-order valence-electron chi connectivity index (χ3n) is 3.41. The minimum absolute atomic E-state index is 0.148. The number of carboxylic acids is 1. The Morgan fingerprint density at radius 2 is 1.75 bits per heavy atom. The van der Waals surface area contributed by atoms with Crippen LogP contribution in [0.3, 0.4) is 0 Å². The molecule has 1 heterocycles. The van der Waals surface area contributed by atoms with E-state index >= 15 is 0 Å². The predicted molar refractivity (Wildman–Crippen MR) is 88.5 cm³/mol. The maximum atomic E-state index is 13.9. The summed E-state index contributed by atoms with van der Waals surface area (Å²) in [7, 11) is 0. The van der Waals surface area contributed by atoms with Crippen LogP contribution in [-0.2, 0) is 11.2 Å². The lowest BCUT2D eigenvalue weighted by molar-refractivity contribution is -0.136. The van der Waals surface area contributed by atoms with Crippen molar-refractivity contribution in [3.8, 4) is 11.1 Å². The van der Waals surface area contributed by atoms with Gasteiger partial charge in [0.15, 0.2) is 0 Å². The summed E-state index contributed by atoms with van der Waals surface area (Å²) in [6.07, 6.45) is 2.83. The molecule has 2 aromatic carbocycles. The molecule has 1 aromatic heterocycles. The van der Waals surface area contributed by atoms with Gasteiger partial charge < -0.3 is 10.4 Å². The maximum absolute atomic E-state index is 13.9. The number of rotatable bonds is 5. The van der Waals surface area contributed by atoms with E-state index in [1.807, 2.05) is 30.3 Å². The molecule has 6 heteroatoms. The summed E-state index contributed by atoms with van der Waals surface area (Å²) in [4.78, 5) is 19.1. The van der Waals surface area contributed by atoms with Crippen LogP contribution >= 0.6 is 0 Å². The Balaban J connectivity index is 1.78. The number of benzene rings is 2. The Morgan fingerprint density at radius 1 is 1.04 bits per heavy atom. The number of hydrogen-bond acceptors (Lipinski definition) is 4.